The van der Waals surface area contributed by atoms with Crippen molar-refractivity contribution in [2.75, 3.05) is 13.7 Å². The Labute approximate surface area is 81.3 Å². The number of hydrogen-bond donors (Lipinski definition) is 0. The maximum atomic E-state index is 10.6. The predicted octanol–water partition coefficient (Wildman–Crippen LogP) is 0.994. The second-order valence-corrected chi connectivity index (χ2v) is 7.76. The molecule has 0 rings (SSSR count). The van der Waals surface area contributed by atoms with Gasteiger partial charge in [0.2, 0.25) is 0 Å². The van der Waals surface area contributed by atoms with E-state index in [1.54, 1.807) is 6.92 Å². The van der Waals surface area contributed by atoms with E-state index in [1.807, 2.05) is 0 Å². The summed E-state index contributed by atoms with van der Waals surface area (Å²) in [6.45, 7) is 2.06. The molecule has 0 saturated heterocycles. The Kier molecular flexibility index (Phi) is 6.39. The van der Waals surface area contributed by atoms with Gasteiger partial charge in [0, 0.05) is 0 Å². The Balaban J connectivity index is 3.47. The summed E-state index contributed by atoms with van der Waals surface area (Å²) < 4.78 is 8.25. The minimum atomic E-state index is -2.24. The Hall–Kier alpha value is 0.408. The van der Waals surface area contributed by atoms with Crippen molar-refractivity contribution in [1.82, 2.24) is 0 Å². The number of methoxy groups -OCH3 is 1. The molecule has 0 aromatic heterocycles. The first-order valence-electron chi connectivity index (χ1n) is 2.93. The number of rotatable bonds is 3. The molecule has 0 heterocycles. The maximum absolute atomic E-state index is 10.6. The van der Waals surface area contributed by atoms with Crippen molar-refractivity contribution in [3.05, 3.63) is 0 Å². The number of carbonyl (C=O) groups excluding carboxylic acids is 2. The molecule has 0 aliphatic heterocycles. The Morgan fingerprint density at radius 3 is 2.40 bits per heavy atom. The molecule has 0 aliphatic carbocycles. The topological polar surface area (TPSA) is 52.6 Å². The molecule has 0 amide bonds. The van der Waals surface area contributed by atoms with Crippen LogP contribution in [0.5, 0.6) is 0 Å². The van der Waals surface area contributed by atoms with Crippen LogP contribution in [0.1, 0.15) is 6.92 Å². The van der Waals surface area contributed by atoms with Gasteiger partial charge < -0.3 is 0 Å². The van der Waals surface area contributed by atoms with Gasteiger partial charge in [0.1, 0.15) is 0 Å². The third kappa shape index (κ3) is 5.21. The zero-order valence-corrected chi connectivity index (χ0v) is 11.9. The summed E-state index contributed by atoms with van der Waals surface area (Å²) in [5.41, 5.74) is 0. The van der Waals surface area contributed by atoms with E-state index >= 15 is 0 Å². The molecule has 0 aromatic carbocycles. The fraction of sp³-hybridized carbons (Fsp3) is 0.600. The van der Waals surface area contributed by atoms with Gasteiger partial charge in [-0.15, -0.1) is 0 Å². The van der Waals surface area contributed by atoms with E-state index in [1.165, 1.54) is 7.11 Å². The minimum absolute atomic E-state index is 0.317. The van der Waals surface area contributed by atoms with Gasteiger partial charge in [-0.05, 0) is 0 Å². The van der Waals surface area contributed by atoms with Gasteiger partial charge in [-0.25, -0.2) is 0 Å². The molecule has 10 heavy (non-hydrogen) atoms. The summed E-state index contributed by atoms with van der Waals surface area (Å²) >= 11 is -2.24. The van der Waals surface area contributed by atoms with Gasteiger partial charge in [0.25, 0.3) is 0 Å². The first kappa shape index (κ1) is 10.4. The summed E-state index contributed by atoms with van der Waals surface area (Å²) in [6, 6.07) is 0. The van der Waals surface area contributed by atoms with Gasteiger partial charge in [0.05, 0.1) is 0 Å². The molecular weight excluding hydrogens is 350 g/mol. The van der Waals surface area contributed by atoms with E-state index in [9.17, 15) is 9.59 Å². The summed E-state index contributed by atoms with van der Waals surface area (Å²) in [5, 5.41) is 0. The van der Waals surface area contributed by atoms with Gasteiger partial charge in [0.15, 0.2) is 0 Å². The molecule has 54 valence electrons. The second-order valence-electron chi connectivity index (χ2n) is 1.56. The van der Waals surface area contributed by atoms with Crippen molar-refractivity contribution < 1.29 is 59.6 Å². The van der Waals surface area contributed by atoms with Crippen molar-refractivity contribution >= 4 is 2.02 Å². The molecule has 0 bridgehead atoms. The molecule has 0 N–H and O–H groups in total. The van der Waals surface area contributed by atoms with Crippen LogP contribution < -0.4 is 0 Å². The second kappa shape index (κ2) is 6.14. The van der Waals surface area contributed by atoms with Gasteiger partial charge in [-0.2, -0.15) is 0 Å². The molecule has 0 spiro atoms. The molecule has 0 unspecified atom stereocenters. The third-order valence-corrected chi connectivity index (χ3v) is 5.22. The van der Waals surface area contributed by atoms with E-state index < -0.39 is 40.6 Å². The number of ether oxygens (including phenoxy) is 2. The first-order chi connectivity index (χ1) is 4.70. The monoisotopic (exact) mass is 358 g/mol. The molecule has 0 radical (unpaired) electrons. The van der Waals surface area contributed by atoms with Crippen LogP contribution >= 0.6 is 0 Å². The molecule has 0 saturated carbocycles. The quantitative estimate of drug-likeness (QED) is 0.755. The van der Waals surface area contributed by atoms with Crippen molar-refractivity contribution in [3.8, 4) is 0 Å². The molecule has 4 nitrogen and oxygen atoms in total. The molecule has 5 heteroatoms. The summed E-state index contributed by atoms with van der Waals surface area (Å²) in [6.07, 6.45) is 0. The van der Waals surface area contributed by atoms with Crippen molar-refractivity contribution in [1.29, 1.82) is 0 Å². The fourth-order valence-corrected chi connectivity index (χ4v) is 3.22. The van der Waals surface area contributed by atoms with Crippen LogP contribution in [0.4, 0.5) is 9.59 Å². The zero-order chi connectivity index (χ0) is 7.98. The van der Waals surface area contributed by atoms with E-state index in [4.69, 9.17) is 0 Å². The van der Waals surface area contributed by atoms with E-state index in [0.29, 0.717) is 6.61 Å². The van der Waals surface area contributed by atoms with E-state index in [0.717, 1.165) is 0 Å². The average Bonchev–Trinajstić information content (AvgIpc) is 1.88. The molecule has 0 atom stereocenters. The number of hydrogen-bond acceptors (Lipinski definition) is 4. The molecule has 0 aromatic rings. The summed E-state index contributed by atoms with van der Waals surface area (Å²) in [4.78, 5) is 21.1. The van der Waals surface area contributed by atoms with E-state index in [2.05, 4.69) is 9.47 Å². The van der Waals surface area contributed by atoms with Gasteiger partial charge in [-0.1, -0.05) is 0 Å². The third-order valence-electron chi connectivity index (χ3n) is 0.822. The summed E-state index contributed by atoms with van der Waals surface area (Å²) in [5.74, 6) is 0. The SMILES string of the molecule is CCO[C](=O)[Ra][C](=O)OC. The van der Waals surface area contributed by atoms with Crippen LogP contribution in [-0.2, 0) is 9.47 Å². The van der Waals surface area contributed by atoms with Crippen molar-refractivity contribution in [3.63, 3.8) is 0 Å². The molecular formula is C5H8O4Ra. The Morgan fingerprint density at radius 2 is 2.00 bits per heavy atom. The average molecular weight is 358 g/mol. The van der Waals surface area contributed by atoms with Crippen LogP contribution in [0.15, 0.2) is 0 Å². The predicted molar refractivity (Wildman–Crippen MR) is 29.4 cm³/mol. The fourth-order valence-electron chi connectivity index (χ4n) is 0.402. The van der Waals surface area contributed by atoms with Crippen molar-refractivity contribution in [2.24, 2.45) is 0 Å². The summed E-state index contributed by atoms with van der Waals surface area (Å²) in [7, 11) is 1.28. The van der Waals surface area contributed by atoms with Crippen LogP contribution in [0.2, 0.25) is 0 Å². The van der Waals surface area contributed by atoms with Crippen molar-refractivity contribution in [2.45, 2.75) is 6.92 Å². The van der Waals surface area contributed by atoms with Crippen LogP contribution in [0, 0.1) is 40.6 Å². The van der Waals surface area contributed by atoms with E-state index in [-0.39, 0.29) is 2.02 Å². The Morgan fingerprint density at radius 1 is 1.40 bits per heavy atom. The van der Waals surface area contributed by atoms with Crippen LogP contribution in [-0.4, -0.2) is 15.7 Å². The van der Waals surface area contributed by atoms with Crippen LogP contribution in [0.25, 0.3) is 0 Å². The van der Waals surface area contributed by atoms with Gasteiger partial charge in [-0.3, -0.25) is 0 Å². The van der Waals surface area contributed by atoms with Crippen LogP contribution in [0.3, 0.4) is 0 Å². The standard InChI is InChI=1S/C3H5O2.C2H3O2.Ra/c1-2-5-3-4;1-4-2-3;/h2H2,1H3;1H3;. The Bertz CT molecular complexity index is 134. The number of carbonyl (C=O) groups is 2. The first-order valence-corrected chi connectivity index (χ1v) is 8.74. The molecule has 0 fully saturated rings. The van der Waals surface area contributed by atoms with Gasteiger partial charge >= 0.3 is 82.3 Å². The normalized spacial score (nSPS) is 7.80. The zero-order valence-electron chi connectivity index (χ0n) is 6.05. The molecule has 0 aliphatic rings.